The number of fused-ring (bicyclic) bond motifs is 1. The second kappa shape index (κ2) is 5.45. The van der Waals surface area contributed by atoms with Gasteiger partial charge in [-0.2, -0.15) is 0 Å². The van der Waals surface area contributed by atoms with Crippen molar-refractivity contribution in [1.29, 1.82) is 0 Å². The molecule has 0 atom stereocenters. The Bertz CT molecular complexity index is 1080. The van der Waals surface area contributed by atoms with Crippen LogP contribution >= 0.6 is 0 Å². The number of nitrogens with zero attached hydrogens (tertiary/aromatic N) is 3. The van der Waals surface area contributed by atoms with Crippen LogP contribution in [-0.2, 0) is 0 Å². The summed E-state index contributed by atoms with van der Waals surface area (Å²) >= 11 is 0. The minimum absolute atomic E-state index is 0.103. The van der Waals surface area contributed by atoms with Crippen LogP contribution in [0.3, 0.4) is 0 Å². The number of H-pyrrole nitrogens is 1. The zero-order valence-corrected chi connectivity index (χ0v) is 13.4. The van der Waals surface area contributed by atoms with Crippen molar-refractivity contribution in [2.45, 2.75) is 13.8 Å². The SMILES string of the molecule is Cc1nc2c(-c3ccccn3)c(C)[nH]n2c(=O)c1-c1ccccc1. The van der Waals surface area contributed by atoms with Gasteiger partial charge in [0.2, 0.25) is 0 Å². The maximum atomic E-state index is 13.0. The molecule has 118 valence electrons. The van der Waals surface area contributed by atoms with E-state index in [1.165, 1.54) is 4.52 Å². The number of rotatable bonds is 2. The van der Waals surface area contributed by atoms with E-state index in [2.05, 4.69) is 10.1 Å². The van der Waals surface area contributed by atoms with Gasteiger partial charge in [-0.15, -0.1) is 0 Å². The van der Waals surface area contributed by atoms with Gasteiger partial charge < -0.3 is 0 Å². The normalized spacial score (nSPS) is 11.1. The molecule has 3 aromatic heterocycles. The van der Waals surface area contributed by atoms with Crippen LogP contribution in [0.2, 0.25) is 0 Å². The molecule has 0 aliphatic carbocycles. The molecule has 0 radical (unpaired) electrons. The van der Waals surface area contributed by atoms with E-state index in [4.69, 9.17) is 4.98 Å². The van der Waals surface area contributed by atoms with Crippen molar-refractivity contribution in [1.82, 2.24) is 19.6 Å². The number of pyridine rings is 1. The van der Waals surface area contributed by atoms with Crippen LogP contribution in [0.15, 0.2) is 59.5 Å². The van der Waals surface area contributed by atoms with Gasteiger partial charge in [0.15, 0.2) is 5.65 Å². The standard InChI is InChI=1S/C19H16N4O/c1-12-16(14-8-4-3-5-9-14)19(24)23-18(21-12)17(13(2)22-23)15-10-6-7-11-20-15/h3-11,22H,1-2H3. The van der Waals surface area contributed by atoms with Gasteiger partial charge in [-0.25, -0.2) is 9.50 Å². The van der Waals surface area contributed by atoms with Crippen LogP contribution in [0.25, 0.3) is 28.0 Å². The van der Waals surface area contributed by atoms with Gasteiger partial charge in [-0.05, 0) is 31.5 Å². The molecule has 0 saturated heterocycles. The Balaban J connectivity index is 2.05. The minimum atomic E-state index is -0.103. The Morgan fingerprint density at radius 2 is 1.71 bits per heavy atom. The second-order valence-corrected chi connectivity index (χ2v) is 5.73. The molecule has 5 nitrogen and oxygen atoms in total. The predicted octanol–water partition coefficient (Wildman–Crippen LogP) is 3.37. The minimum Gasteiger partial charge on any atom is -0.293 e. The van der Waals surface area contributed by atoms with Crippen LogP contribution < -0.4 is 5.56 Å². The lowest BCUT2D eigenvalue weighted by Gasteiger charge is -2.06. The number of hydrogen-bond donors (Lipinski definition) is 1. The van der Waals surface area contributed by atoms with Gasteiger partial charge in [-0.3, -0.25) is 14.9 Å². The lowest BCUT2D eigenvalue weighted by atomic mass is 10.1. The quantitative estimate of drug-likeness (QED) is 0.617. The average molecular weight is 316 g/mol. The van der Waals surface area contributed by atoms with Gasteiger partial charge in [0.05, 0.1) is 22.5 Å². The highest BCUT2D eigenvalue weighted by molar-refractivity contribution is 5.79. The molecular weight excluding hydrogens is 300 g/mol. The summed E-state index contributed by atoms with van der Waals surface area (Å²) in [6.07, 6.45) is 1.74. The fourth-order valence-corrected chi connectivity index (χ4v) is 3.04. The Kier molecular flexibility index (Phi) is 3.27. The van der Waals surface area contributed by atoms with E-state index < -0.39 is 0 Å². The third-order valence-corrected chi connectivity index (χ3v) is 4.13. The summed E-state index contributed by atoms with van der Waals surface area (Å²) in [5, 5.41) is 3.13. The number of aromatic nitrogens is 4. The van der Waals surface area contributed by atoms with Crippen molar-refractivity contribution < 1.29 is 0 Å². The van der Waals surface area contributed by atoms with Crippen molar-refractivity contribution in [2.24, 2.45) is 0 Å². The highest BCUT2D eigenvalue weighted by Gasteiger charge is 2.18. The Labute approximate surface area is 138 Å². The summed E-state index contributed by atoms with van der Waals surface area (Å²) in [6.45, 7) is 3.80. The van der Waals surface area contributed by atoms with E-state index in [0.29, 0.717) is 16.9 Å². The van der Waals surface area contributed by atoms with Crippen LogP contribution in [0.4, 0.5) is 0 Å². The summed E-state index contributed by atoms with van der Waals surface area (Å²) in [5.41, 5.74) is 5.21. The van der Waals surface area contributed by atoms with Crippen LogP contribution in [-0.4, -0.2) is 19.6 Å². The molecule has 0 bridgehead atoms. The smallest absolute Gasteiger partial charge is 0.280 e. The molecule has 1 N–H and O–H groups in total. The van der Waals surface area contributed by atoms with E-state index in [-0.39, 0.29) is 5.56 Å². The van der Waals surface area contributed by atoms with Crippen LogP contribution in [0.1, 0.15) is 11.4 Å². The van der Waals surface area contributed by atoms with E-state index in [1.807, 2.05) is 62.4 Å². The maximum Gasteiger partial charge on any atom is 0.280 e. The molecule has 5 heteroatoms. The summed E-state index contributed by atoms with van der Waals surface area (Å²) in [4.78, 5) is 22.1. The topological polar surface area (TPSA) is 63.1 Å². The number of aryl methyl sites for hydroxylation is 2. The average Bonchev–Trinajstić information content (AvgIpc) is 2.93. The van der Waals surface area contributed by atoms with Crippen LogP contribution in [0, 0.1) is 13.8 Å². The molecule has 4 rings (SSSR count). The molecule has 0 fully saturated rings. The Morgan fingerprint density at radius 1 is 0.958 bits per heavy atom. The summed E-state index contributed by atoms with van der Waals surface area (Å²) in [7, 11) is 0. The summed E-state index contributed by atoms with van der Waals surface area (Å²) in [5.74, 6) is 0. The molecular formula is C19H16N4O. The van der Waals surface area contributed by atoms with Crippen molar-refractivity contribution in [3.8, 4) is 22.4 Å². The third kappa shape index (κ3) is 2.13. The van der Waals surface area contributed by atoms with Gasteiger partial charge in [0.1, 0.15) is 0 Å². The molecule has 0 saturated carbocycles. The highest BCUT2D eigenvalue weighted by Crippen LogP contribution is 2.26. The second-order valence-electron chi connectivity index (χ2n) is 5.73. The van der Waals surface area contributed by atoms with Gasteiger partial charge in [0.25, 0.3) is 5.56 Å². The number of hydrogen-bond acceptors (Lipinski definition) is 3. The van der Waals surface area contributed by atoms with E-state index in [9.17, 15) is 4.79 Å². The number of benzene rings is 1. The van der Waals surface area contributed by atoms with Crippen molar-refractivity contribution in [3.05, 3.63) is 76.5 Å². The summed E-state index contributed by atoms with van der Waals surface area (Å²) < 4.78 is 1.51. The van der Waals surface area contributed by atoms with E-state index in [0.717, 1.165) is 22.5 Å². The van der Waals surface area contributed by atoms with Gasteiger partial charge >= 0.3 is 0 Å². The zero-order chi connectivity index (χ0) is 16.7. The lowest BCUT2D eigenvalue weighted by Crippen LogP contribution is -2.19. The van der Waals surface area contributed by atoms with Crippen molar-refractivity contribution in [3.63, 3.8) is 0 Å². The highest BCUT2D eigenvalue weighted by atomic mass is 16.1. The predicted molar refractivity (Wildman–Crippen MR) is 94.0 cm³/mol. The summed E-state index contributed by atoms with van der Waals surface area (Å²) in [6, 6.07) is 15.3. The van der Waals surface area contributed by atoms with Crippen LogP contribution in [0.5, 0.6) is 0 Å². The molecule has 0 amide bonds. The van der Waals surface area contributed by atoms with Gasteiger partial charge in [0, 0.05) is 11.9 Å². The van der Waals surface area contributed by atoms with Gasteiger partial charge in [-0.1, -0.05) is 36.4 Å². The number of aromatic amines is 1. The molecule has 0 aliphatic heterocycles. The van der Waals surface area contributed by atoms with Crippen molar-refractivity contribution in [2.75, 3.05) is 0 Å². The maximum absolute atomic E-state index is 13.0. The molecule has 0 aliphatic rings. The fourth-order valence-electron chi connectivity index (χ4n) is 3.04. The molecule has 3 heterocycles. The zero-order valence-electron chi connectivity index (χ0n) is 13.4. The Morgan fingerprint density at radius 3 is 2.42 bits per heavy atom. The monoisotopic (exact) mass is 316 g/mol. The largest absolute Gasteiger partial charge is 0.293 e. The Hall–Kier alpha value is -3.21. The first kappa shape index (κ1) is 14.4. The first-order valence-electron chi connectivity index (χ1n) is 7.75. The first-order valence-corrected chi connectivity index (χ1v) is 7.75. The third-order valence-electron chi connectivity index (χ3n) is 4.13. The molecule has 4 aromatic rings. The lowest BCUT2D eigenvalue weighted by molar-refractivity contribution is 0.876. The van der Waals surface area contributed by atoms with E-state index in [1.54, 1.807) is 6.20 Å². The molecule has 1 aromatic carbocycles. The molecule has 0 spiro atoms. The van der Waals surface area contributed by atoms with Crippen molar-refractivity contribution >= 4 is 5.65 Å². The molecule has 24 heavy (non-hydrogen) atoms. The molecule has 0 unspecified atom stereocenters. The first-order chi connectivity index (χ1) is 11.7. The van der Waals surface area contributed by atoms with E-state index >= 15 is 0 Å². The fraction of sp³-hybridized carbons (Fsp3) is 0.105. The number of nitrogens with one attached hydrogen (secondary N) is 1.